The summed E-state index contributed by atoms with van der Waals surface area (Å²) < 4.78 is 35.1. The molecule has 0 saturated carbocycles. The van der Waals surface area contributed by atoms with E-state index in [1.165, 1.54) is 0 Å². The van der Waals surface area contributed by atoms with E-state index < -0.39 is 84.6 Å². The Bertz CT molecular complexity index is 1300. The molecule has 47 heavy (non-hydrogen) atoms. The van der Waals surface area contributed by atoms with Crippen molar-refractivity contribution in [3.8, 4) is 0 Å². The Balaban J connectivity index is 3.72. The van der Waals surface area contributed by atoms with Crippen LogP contribution in [0.3, 0.4) is 0 Å². The molecule has 0 amide bonds. The van der Waals surface area contributed by atoms with Crippen LogP contribution >= 0.6 is 7.60 Å². The zero-order valence-electron chi connectivity index (χ0n) is 27.3. The van der Waals surface area contributed by atoms with Gasteiger partial charge in [0.05, 0.1) is 129 Å². The summed E-state index contributed by atoms with van der Waals surface area (Å²) in [6.45, 7) is 7.68. The van der Waals surface area contributed by atoms with Gasteiger partial charge in [-0.15, -0.1) is 36.4 Å². The van der Waals surface area contributed by atoms with Crippen LogP contribution in [0.4, 0.5) is 0 Å². The lowest BCUT2D eigenvalue weighted by atomic mass is 9.00. The second-order valence-electron chi connectivity index (χ2n) is 12.7. The highest BCUT2D eigenvalue weighted by atomic mass is 31.2. The summed E-state index contributed by atoms with van der Waals surface area (Å²) in [6.07, 6.45) is -0.572. The van der Waals surface area contributed by atoms with E-state index in [4.69, 9.17) is 152 Å². The third-order valence-corrected chi connectivity index (χ3v) is 10.1. The first-order valence-electron chi connectivity index (χ1n) is 13.9. The molecule has 0 aliphatic rings. The van der Waals surface area contributed by atoms with Crippen molar-refractivity contribution >= 4 is 147 Å². The minimum Gasteiger partial charge on any atom is -0.459 e. The third-order valence-electron chi connectivity index (χ3n) is 7.71. The highest BCUT2D eigenvalue weighted by molar-refractivity contribution is 7.55. The second-order valence-corrected chi connectivity index (χ2v) is 14.9. The van der Waals surface area contributed by atoms with Crippen molar-refractivity contribution in [3.63, 3.8) is 0 Å². The van der Waals surface area contributed by atoms with Crippen LogP contribution in [-0.2, 0) is 34.8 Å². The van der Waals surface area contributed by atoms with E-state index in [1.54, 1.807) is 34.6 Å². The Hall–Kier alpha value is -0.136. The molecule has 1 aromatic heterocycles. The molecule has 0 bridgehead atoms. The van der Waals surface area contributed by atoms with E-state index in [2.05, 4.69) is 10.1 Å². The number of ether oxygens (including phenoxy) is 1. The van der Waals surface area contributed by atoms with Crippen molar-refractivity contribution in [3.05, 3.63) is 11.7 Å². The van der Waals surface area contributed by atoms with Crippen LogP contribution in [0.1, 0.15) is 46.3 Å². The molecular weight excluding hydrogens is 591 g/mol. The van der Waals surface area contributed by atoms with Gasteiger partial charge in [-0.25, -0.2) is 0 Å². The molecule has 1 atom stereocenters. The lowest BCUT2D eigenvalue weighted by Gasteiger charge is -2.74. The van der Waals surface area contributed by atoms with E-state index in [1.807, 2.05) is 0 Å². The number of rotatable bonds is 16. The maximum atomic E-state index is 13.7. The Morgan fingerprint density at radius 2 is 1.09 bits per heavy atom. The fourth-order valence-electron chi connectivity index (χ4n) is 4.20. The Labute approximate surface area is 302 Å². The van der Waals surface area contributed by atoms with Crippen molar-refractivity contribution in [2.24, 2.45) is 0 Å². The predicted molar refractivity (Wildman–Crippen MR) is 197 cm³/mol. The predicted octanol–water partition coefficient (Wildman–Crippen LogP) is -2.62. The van der Waals surface area contributed by atoms with Crippen LogP contribution in [0.25, 0.3) is 0 Å². The van der Waals surface area contributed by atoms with Crippen LogP contribution in [0.5, 0.6) is 0 Å². The smallest absolute Gasteiger partial charge is 0.345 e. The molecule has 208 valence electrons. The average molecular weight is 613 g/mol. The molecule has 0 fully saturated rings. The molecule has 0 aromatic carbocycles. The molecule has 8 nitrogen and oxygen atoms in total. The molecule has 0 spiro atoms. The van der Waals surface area contributed by atoms with E-state index >= 15 is 0 Å². The first-order valence-corrected chi connectivity index (χ1v) is 15.5. The highest BCUT2D eigenvalue weighted by Gasteiger charge is 2.61. The second kappa shape index (κ2) is 14.1. The summed E-state index contributed by atoms with van der Waals surface area (Å²) in [5, 5.41) is -19.4. The molecule has 1 unspecified atom stereocenters. The molecular formula is C21H22B17N2O6P. The Morgan fingerprint density at radius 3 is 1.45 bits per heavy atom. The van der Waals surface area contributed by atoms with Crippen molar-refractivity contribution in [2.75, 3.05) is 13.2 Å². The summed E-state index contributed by atoms with van der Waals surface area (Å²) in [5.41, 5.74) is -2.60. The number of hydrogen-bond donors (Lipinski definition) is 0. The van der Waals surface area contributed by atoms with Gasteiger partial charge >= 0.3 is 13.6 Å². The number of hydrogen-bond acceptors (Lipinski definition) is 8. The lowest BCUT2D eigenvalue weighted by Crippen LogP contribution is -2.62. The molecule has 1 rings (SSSR count). The van der Waals surface area contributed by atoms with E-state index in [9.17, 15) is 9.36 Å². The Kier molecular flexibility index (Phi) is 13.5. The number of carbonyl (C=O) groups is 1. The molecule has 0 saturated heterocycles. The van der Waals surface area contributed by atoms with Gasteiger partial charge in [-0.05, 0) is 39.8 Å². The maximum absolute atomic E-state index is 13.7. The Morgan fingerprint density at radius 1 is 0.702 bits per heavy atom. The zero-order valence-corrected chi connectivity index (χ0v) is 28.2. The summed E-state index contributed by atoms with van der Waals surface area (Å²) in [6, 6.07) is 0. The van der Waals surface area contributed by atoms with E-state index in [0.717, 1.165) is 0 Å². The highest BCUT2D eigenvalue weighted by Crippen LogP contribution is 2.76. The zero-order chi connectivity index (χ0) is 37.7. The van der Waals surface area contributed by atoms with Crippen molar-refractivity contribution < 1.29 is 27.7 Å². The summed E-state index contributed by atoms with van der Waals surface area (Å²) >= 11 is 0. The minimum absolute atomic E-state index is 0.0901. The maximum Gasteiger partial charge on any atom is 0.345 e. The average Bonchev–Trinajstić information content (AvgIpc) is 3.34. The van der Waals surface area contributed by atoms with Crippen LogP contribution in [0, 0.1) is 0 Å². The van der Waals surface area contributed by atoms with Gasteiger partial charge in [-0.3, -0.25) is 9.36 Å². The summed E-state index contributed by atoms with van der Waals surface area (Å²) in [5.74, 6) is -2.06. The van der Waals surface area contributed by atoms with Crippen molar-refractivity contribution in [1.82, 2.24) is 10.1 Å². The van der Waals surface area contributed by atoms with Gasteiger partial charge in [0.1, 0.15) is 5.60 Å². The fourth-order valence-corrected chi connectivity index (χ4v) is 6.04. The van der Waals surface area contributed by atoms with Crippen molar-refractivity contribution in [2.45, 2.75) is 93.9 Å². The topological polar surface area (TPSA) is 101 Å². The molecule has 26 heteroatoms. The van der Waals surface area contributed by atoms with Crippen LogP contribution in [-0.4, -0.2) is 174 Å². The SMILES string of the molecule is [B]C([B])([B])C([B])([B])C([B])([B])C([B])([B])C([B])([B])C([B])([B])C([B])([B])C([B])([B])c1noc(CC(C(=O)OC(C)(C)C)P(=O)(OCC)OCC)n1. The fraction of sp³-hybridized carbons (Fsp3) is 0.857. The van der Waals surface area contributed by atoms with Gasteiger partial charge in [0.15, 0.2) is 11.5 Å². The van der Waals surface area contributed by atoms with Gasteiger partial charge in [0.25, 0.3) is 0 Å². The normalized spacial score (nSPS) is 15.6. The molecule has 0 N–H and O–H groups in total. The van der Waals surface area contributed by atoms with Gasteiger partial charge < -0.3 is 18.3 Å². The molecule has 0 aliphatic carbocycles. The number of esters is 1. The summed E-state index contributed by atoms with van der Waals surface area (Å²) in [7, 11) is 99.5. The quantitative estimate of drug-likeness (QED) is 0.114. The van der Waals surface area contributed by atoms with Crippen LogP contribution in [0.15, 0.2) is 4.52 Å². The minimum atomic E-state index is -4.20. The lowest BCUT2D eigenvalue weighted by molar-refractivity contribution is -0.154. The molecule has 34 radical (unpaired) electrons. The van der Waals surface area contributed by atoms with Gasteiger partial charge in [-0.1, -0.05) is 5.16 Å². The van der Waals surface area contributed by atoms with E-state index in [0.29, 0.717) is 0 Å². The van der Waals surface area contributed by atoms with E-state index in [-0.39, 0.29) is 13.2 Å². The van der Waals surface area contributed by atoms with Gasteiger partial charge in [-0.2, -0.15) is 4.98 Å². The first-order chi connectivity index (χ1) is 20.6. The number of carbonyl (C=O) groups excluding carboxylic acids is 1. The van der Waals surface area contributed by atoms with Gasteiger partial charge in [0.2, 0.25) is 5.89 Å². The largest absolute Gasteiger partial charge is 0.459 e. The monoisotopic (exact) mass is 616 g/mol. The van der Waals surface area contributed by atoms with Gasteiger partial charge in [0, 0.05) is 23.5 Å². The van der Waals surface area contributed by atoms with Crippen molar-refractivity contribution in [1.29, 1.82) is 0 Å². The number of nitrogens with zero attached hydrogens (tertiary/aromatic N) is 2. The first kappa shape index (κ1) is 44.9. The number of aromatic nitrogens is 2. The standard InChI is InChI=1S/C21H22B17N2O6P/c1-6-43-47(42,44-7-2)9(11(41)45-13(3,4)5)8-10-39-12(40-46-10)14(22,23)15(24,25)16(26,27)17(28,29)18(30,31)19(32,33)20(34,35)21(36,37)38/h9H,6-8H2,1-5H3. The van der Waals surface area contributed by atoms with Crippen LogP contribution < -0.4 is 0 Å². The third kappa shape index (κ3) is 8.02. The van der Waals surface area contributed by atoms with Crippen LogP contribution in [0.2, 0.25) is 36.4 Å². The molecule has 0 aliphatic heterocycles. The molecule has 1 aromatic rings. The summed E-state index contributed by atoms with van der Waals surface area (Å²) in [4.78, 5) is 17.2. The molecule has 1 heterocycles.